The lowest BCUT2D eigenvalue weighted by Gasteiger charge is -2.20. The van der Waals surface area contributed by atoms with Gasteiger partial charge in [-0.05, 0) is 50.7 Å². The maximum Gasteiger partial charge on any atom is 0.413 e. The van der Waals surface area contributed by atoms with Gasteiger partial charge in [0.25, 0.3) is 0 Å². The third-order valence-electron chi connectivity index (χ3n) is 2.42. The minimum absolute atomic E-state index is 0.151. The van der Waals surface area contributed by atoms with E-state index < -0.39 is 17.7 Å². The quantitative estimate of drug-likeness (QED) is 0.657. The first-order valence-electron chi connectivity index (χ1n) is 6.66. The smallest absolute Gasteiger partial charge is 0.413 e. The molecule has 0 aliphatic carbocycles. The van der Waals surface area contributed by atoms with E-state index in [0.29, 0.717) is 12.1 Å². The fraction of sp³-hybridized carbons (Fsp3) is 0.400. The van der Waals surface area contributed by atoms with Crippen LogP contribution in [-0.2, 0) is 16.0 Å². The molecule has 0 heterocycles. The van der Waals surface area contributed by atoms with Gasteiger partial charge in [-0.25, -0.2) is 9.59 Å². The molecular formula is C15H20N2O4S. The summed E-state index contributed by atoms with van der Waals surface area (Å²) < 4.78 is 9.74. The molecule has 0 atom stereocenters. The van der Waals surface area contributed by atoms with Gasteiger partial charge in [0.1, 0.15) is 5.60 Å². The normalized spacial score (nSPS) is 10.5. The number of carbonyl (C=O) groups is 2. The van der Waals surface area contributed by atoms with Crippen molar-refractivity contribution in [2.45, 2.75) is 32.9 Å². The number of thiocarbonyl (C=S) groups is 1. The van der Waals surface area contributed by atoms with E-state index >= 15 is 0 Å². The third-order valence-corrected chi connectivity index (χ3v) is 2.66. The highest BCUT2D eigenvalue weighted by Gasteiger charge is 2.16. The first kappa shape index (κ1) is 17.9. The molecule has 0 spiro atoms. The summed E-state index contributed by atoms with van der Waals surface area (Å²) in [7, 11) is 1.33. The maximum atomic E-state index is 11.5. The number of hydrogen-bond acceptors (Lipinski definition) is 5. The van der Waals surface area contributed by atoms with Gasteiger partial charge in [0.2, 0.25) is 0 Å². The highest BCUT2D eigenvalue weighted by atomic mass is 32.1. The van der Waals surface area contributed by atoms with Crippen molar-refractivity contribution in [3.63, 3.8) is 0 Å². The van der Waals surface area contributed by atoms with E-state index in [4.69, 9.17) is 17.0 Å². The molecule has 0 fully saturated rings. The van der Waals surface area contributed by atoms with E-state index in [9.17, 15) is 9.59 Å². The van der Waals surface area contributed by atoms with Crippen LogP contribution in [0.3, 0.4) is 0 Å². The molecule has 2 N–H and O–H groups in total. The number of hydrogen-bond donors (Lipinski definition) is 2. The number of benzene rings is 1. The number of rotatable bonds is 3. The van der Waals surface area contributed by atoms with Crippen LogP contribution in [0, 0.1) is 0 Å². The minimum atomic E-state index is -0.617. The SMILES string of the molecule is COC(=O)c1cccc(CNC(=S)NC(=O)OC(C)(C)C)c1. The molecule has 22 heavy (non-hydrogen) atoms. The molecule has 0 bridgehead atoms. The van der Waals surface area contributed by atoms with Crippen molar-refractivity contribution in [1.29, 1.82) is 0 Å². The van der Waals surface area contributed by atoms with E-state index in [1.807, 2.05) is 6.07 Å². The van der Waals surface area contributed by atoms with E-state index in [0.717, 1.165) is 5.56 Å². The van der Waals surface area contributed by atoms with Crippen molar-refractivity contribution >= 4 is 29.4 Å². The molecule has 6 nitrogen and oxygen atoms in total. The molecule has 1 rings (SSSR count). The van der Waals surface area contributed by atoms with Gasteiger partial charge in [-0.3, -0.25) is 5.32 Å². The monoisotopic (exact) mass is 324 g/mol. The van der Waals surface area contributed by atoms with Gasteiger partial charge in [0.15, 0.2) is 5.11 Å². The maximum absolute atomic E-state index is 11.5. The summed E-state index contributed by atoms with van der Waals surface area (Å²) in [5, 5.41) is 5.44. The number of alkyl carbamates (subject to hydrolysis) is 1. The second kappa shape index (κ2) is 7.74. The fourth-order valence-electron chi connectivity index (χ4n) is 1.55. The Morgan fingerprint density at radius 3 is 2.55 bits per heavy atom. The van der Waals surface area contributed by atoms with Crippen molar-refractivity contribution in [3.8, 4) is 0 Å². The first-order valence-corrected chi connectivity index (χ1v) is 7.07. The lowest BCUT2D eigenvalue weighted by atomic mass is 10.1. The first-order chi connectivity index (χ1) is 10.2. The van der Waals surface area contributed by atoms with Crippen molar-refractivity contribution in [1.82, 2.24) is 10.6 Å². The minimum Gasteiger partial charge on any atom is -0.465 e. The predicted octanol–water partition coefficient (Wildman–Crippen LogP) is 2.37. The summed E-state index contributed by atoms with van der Waals surface area (Å²) in [6.07, 6.45) is -0.617. The summed E-state index contributed by atoms with van der Waals surface area (Å²) in [5.74, 6) is -0.406. The summed E-state index contributed by atoms with van der Waals surface area (Å²) in [5.41, 5.74) is 0.693. The van der Waals surface area contributed by atoms with E-state index in [1.165, 1.54) is 7.11 Å². The number of nitrogens with one attached hydrogen (secondary N) is 2. The van der Waals surface area contributed by atoms with Crippen LogP contribution in [0.5, 0.6) is 0 Å². The second-order valence-electron chi connectivity index (χ2n) is 5.50. The topological polar surface area (TPSA) is 76.7 Å². The van der Waals surface area contributed by atoms with Gasteiger partial charge in [0.05, 0.1) is 12.7 Å². The van der Waals surface area contributed by atoms with Crippen LogP contribution in [-0.4, -0.2) is 29.9 Å². The van der Waals surface area contributed by atoms with Gasteiger partial charge in [-0.15, -0.1) is 0 Å². The average Bonchev–Trinajstić information content (AvgIpc) is 2.42. The lowest BCUT2D eigenvalue weighted by molar-refractivity contribution is 0.0560. The van der Waals surface area contributed by atoms with E-state index in [1.54, 1.807) is 39.0 Å². The Morgan fingerprint density at radius 1 is 1.27 bits per heavy atom. The Hall–Kier alpha value is -2.15. The molecule has 7 heteroatoms. The third kappa shape index (κ3) is 6.53. The number of esters is 1. The Bertz CT molecular complexity index is 567. The molecule has 0 unspecified atom stereocenters. The molecule has 120 valence electrons. The lowest BCUT2D eigenvalue weighted by Crippen LogP contribution is -2.41. The molecular weight excluding hydrogens is 304 g/mol. The average molecular weight is 324 g/mol. The van der Waals surface area contributed by atoms with Gasteiger partial charge in [0, 0.05) is 6.54 Å². The van der Waals surface area contributed by atoms with Crippen LogP contribution < -0.4 is 10.6 Å². The molecule has 1 amide bonds. The van der Waals surface area contributed by atoms with E-state index in [2.05, 4.69) is 15.4 Å². The molecule has 0 saturated carbocycles. The number of methoxy groups -OCH3 is 1. The van der Waals surface area contributed by atoms with Crippen molar-refractivity contribution < 1.29 is 19.1 Å². The van der Waals surface area contributed by atoms with Crippen LogP contribution >= 0.6 is 12.2 Å². The van der Waals surface area contributed by atoms with Crippen LogP contribution in [0.4, 0.5) is 4.79 Å². The number of ether oxygens (including phenoxy) is 2. The molecule has 0 aromatic heterocycles. The predicted molar refractivity (Wildman–Crippen MR) is 86.6 cm³/mol. The second-order valence-corrected chi connectivity index (χ2v) is 5.91. The highest BCUT2D eigenvalue weighted by Crippen LogP contribution is 2.07. The largest absolute Gasteiger partial charge is 0.465 e. The Kier molecular flexibility index (Phi) is 6.30. The van der Waals surface area contributed by atoms with Crippen LogP contribution in [0.25, 0.3) is 0 Å². The Morgan fingerprint density at radius 2 is 1.95 bits per heavy atom. The van der Waals surface area contributed by atoms with E-state index in [-0.39, 0.29) is 5.11 Å². The zero-order valence-electron chi connectivity index (χ0n) is 13.1. The summed E-state index contributed by atoms with van der Waals surface area (Å²) in [6, 6.07) is 6.92. The highest BCUT2D eigenvalue weighted by molar-refractivity contribution is 7.80. The number of amides is 1. The van der Waals surface area contributed by atoms with Crippen molar-refractivity contribution in [3.05, 3.63) is 35.4 Å². The van der Waals surface area contributed by atoms with Crippen molar-refractivity contribution in [2.75, 3.05) is 7.11 Å². The van der Waals surface area contributed by atoms with Crippen LogP contribution in [0.15, 0.2) is 24.3 Å². The summed E-state index contributed by atoms with van der Waals surface area (Å²) >= 11 is 5.01. The van der Waals surface area contributed by atoms with Crippen LogP contribution in [0.2, 0.25) is 0 Å². The Balaban J connectivity index is 2.51. The standard InChI is InChI=1S/C15H20N2O4S/c1-15(2,3)21-14(19)17-13(22)16-9-10-6-5-7-11(8-10)12(18)20-4/h5-8H,9H2,1-4H3,(H2,16,17,19,22). The van der Waals surface area contributed by atoms with Crippen molar-refractivity contribution in [2.24, 2.45) is 0 Å². The Labute approximate surface area is 135 Å². The molecule has 0 saturated heterocycles. The van der Waals surface area contributed by atoms with Gasteiger partial charge in [-0.2, -0.15) is 0 Å². The number of carbonyl (C=O) groups excluding carboxylic acids is 2. The summed E-state index contributed by atoms with van der Waals surface area (Å²) in [6.45, 7) is 5.66. The van der Waals surface area contributed by atoms with Crippen LogP contribution in [0.1, 0.15) is 36.7 Å². The zero-order chi connectivity index (χ0) is 16.8. The molecule has 1 aromatic rings. The summed E-state index contributed by atoms with van der Waals surface area (Å²) in [4.78, 5) is 23.0. The van der Waals surface area contributed by atoms with Gasteiger partial charge < -0.3 is 14.8 Å². The van der Waals surface area contributed by atoms with Gasteiger partial charge in [-0.1, -0.05) is 12.1 Å². The zero-order valence-corrected chi connectivity index (χ0v) is 13.9. The molecule has 0 aliphatic heterocycles. The fourth-order valence-corrected chi connectivity index (χ4v) is 1.70. The molecule has 1 aromatic carbocycles. The molecule has 0 aliphatic rings. The molecule has 0 radical (unpaired) electrons. The van der Waals surface area contributed by atoms with Gasteiger partial charge >= 0.3 is 12.1 Å².